The molecule has 0 bridgehead atoms. The van der Waals surface area contributed by atoms with Gasteiger partial charge in [-0.15, -0.1) is 0 Å². The van der Waals surface area contributed by atoms with Crippen molar-refractivity contribution < 1.29 is 4.39 Å². The number of hydrogen-bond donors (Lipinski definition) is 2. The van der Waals surface area contributed by atoms with Crippen molar-refractivity contribution in [2.75, 3.05) is 10.6 Å². The lowest BCUT2D eigenvalue weighted by Crippen LogP contribution is -2.08. The smallest absolute Gasteiger partial charge is 0.256 e. The number of halogens is 3. The van der Waals surface area contributed by atoms with Gasteiger partial charge in [-0.05, 0) is 69.7 Å². The number of aromatic nitrogens is 4. The fraction of sp³-hybridized carbons (Fsp3) is 0. The fourth-order valence-electron chi connectivity index (χ4n) is 2.24. The van der Waals surface area contributed by atoms with Crippen molar-refractivity contribution in [3.8, 4) is 11.1 Å². The van der Waals surface area contributed by atoms with Gasteiger partial charge in [-0.2, -0.15) is 19.6 Å². The Bertz CT molecular complexity index is 953. The lowest BCUT2D eigenvalue weighted by atomic mass is 10.1. The molecule has 9 heteroatoms. The second kappa shape index (κ2) is 7.01. The Morgan fingerprint density at radius 2 is 1.83 bits per heavy atom. The van der Waals surface area contributed by atoms with E-state index in [0.29, 0.717) is 28.5 Å². The number of rotatable bonds is 5. The van der Waals surface area contributed by atoms with Crippen molar-refractivity contribution in [3.05, 3.63) is 57.0 Å². The number of nitrogens with one attached hydrogen (secondary N) is 2. The molecule has 0 saturated carbocycles. The Balaban J connectivity index is 2.41. The van der Waals surface area contributed by atoms with Crippen molar-refractivity contribution >= 4 is 62.6 Å². The number of anilines is 2. The molecule has 2 aromatic heterocycles. The molecule has 0 spiro atoms. The number of benzene rings is 1. The largest absolute Gasteiger partial charge is 0.347 e. The van der Waals surface area contributed by atoms with Crippen LogP contribution < -0.4 is 10.6 Å². The first-order valence-electron chi connectivity index (χ1n) is 6.70. The molecular weight excluding hydrogens is 537 g/mol. The van der Waals surface area contributed by atoms with Crippen LogP contribution in [0, 0.1) is 13.0 Å². The zero-order valence-electron chi connectivity index (χ0n) is 12.2. The quantitative estimate of drug-likeness (QED) is 0.369. The van der Waals surface area contributed by atoms with Crippen LogP contribution >= 0.6 is 45.2 Å². The molecule has 0 radical (unpaired) electrons. The summed E-state index contributed by atoms with van der Waals surface area (Å²) in [4.78, 5) is 8.49. The second-order valence-corrected chi connectivity index (χ2v) is 6.92. The first kappa shape index (κ1) is 17.1. The molecule has 2 heterocycles. The summed E-state index contributed by atoms with van der Waals surface area (Å²) in [5.74, 6) is 0.937. The van der Waals surface area contributed by atoms with Crippen LogP contribution in [0.4, 0.5) is 16.0 Å². The van der Waals surface area contributed by atoms with Gasteiger partial charge in [0.05, 0.1) is 5.56 Å². The third-order valence-electron chi connectivity index (χ3n) is 3.18. The van der Waals surface area contributed by atoms with Crippen LogP contribution in [0.25, 0.3) is 16.9 Å². The number of nitrogens with zero attached hydrogens (tertiary/aromatic N) is 4. The third-order valence-corrected chi connectivity index (χ3v) is 6.00. The van der Waals surface area contributed by atoms with Crippen molar-refractivity contribution in [3.63, 3.8) is 0 Å². The second-order valence-electron chi connectivity index (χ2n) is 4.60. The minimum Gasteiger partial charge on any atom is -0.347 e. The Morgan fingerprint density at radius 3 is 2.54 bits per heavy atom. The van der Waals surface area contributed by atoms with Gasteiger partial charge in [0.15, 0.2) is 0 Å². The van der Waals surface area contributed by atoms with E-state index in [1.807, 2.05) is 0 Å². The van der Waals surface area contributed by atoms with Gasteiger partial charge in [0.25, 0.3) is 5.78 Å². The summed E-state index contributed by atoms with van der Waals surface area (Å²) >= 11 is 4.26. The summed E-state index contributed by atoms with van der Waals surface area (Å²) in [5, 5.41) is 10.1. The molecule has 1 aromatic carbocycles. The molecule has 0 atom stereocenters. The van der Waals surface area contributed by atoms with E-state index in [1.54, 1.807) is 6.07 Å². The van der Waals surface area contributed by atoms with Crippen molar-refractivity contribution in [2.45, 2.75) is 0 Å². The summed E-state index contributed by atoms with van der Waals surface area (Å²) in [6.45, 7) is 7.34. The Hall–Kier alpha value is -1.76. The fourth-order valence-corrected chi connectivity index (χ4v) is 3.14. The SMILES string of the molecule is C=CNc1nc2ncnn2c(NC=C)c1-c1cc(I)c(I)cc1F. The highest BCUT2D eigenvalue weighted by Gasteiger charge is 2.21. The van der Waals surface area contributed by atoms with Crippen LogP contribution in [0.3, 0.4) is 0 Å². The van der Waals surface area contributed by atoms with Gasteiger partial charge in [-0.3, -0.25) is 0 Å². The highest BCUT2D eigenvalue weighted by atomic mass is 127. The molecule has 0 aliphatic heterocycles. The molecule has 3 aromatic rings. The van der Waals surface area contributed by atoms with E-state index in [9.17, 15) is 4.39 Å². The summed E-state index contributed by atoms with van der Waals surface area (Å²) in [6.07, 6.45) is 4.35. The van der Waals surface area contributed by atoms with Crippen molar-refractivity contribution in [1.82, 2.24) is 19.6 Å². The molecule has 24 heavy (non-hydrogen) atoms. The Kier molecular flexibility index (Phi) is 4.99. The molecule has 0 amide bonds. The van der Waals surface area contributed by atoms with E-state index in [-0.39, 0.29) is 5.82 Å². The van der Waals surface area contributed by atoms with Gasteiger partial charge in [-0.1, -0.05) is 13.2 Å². The Morgan fingerprint density at radius 1 is 1.12 bits per heavy atom. The lowest BCUT2D eigenvalue weighted by molar-refractivity contribution is 0.630. The van der Waals surface area contributed by atoms with Gasteiger partial charge in [-0.25, -0.2) is 4.39 Å². The van der Waals surface area contributed by atoms with E-state index in [1.165, 1.54) is 29.3 Å². The van der Waals surface area contributed by atoms with Crippen LogP contribution in [-0.4, -0.2) is 19.6 Å². The molecule has 0 aliphatic rings. The van der Waals surface area contributed by atoms with Gasteiger partial charge in [0.1, 0.15) is 23.8 Å². The molecular formula is C15H11FI2N6. The number of hydrogen-bond acceptors (Lipinski definition) is 5. The minimum atomic E-state index is -0.361. The van der Waals surface area contributed by atoms with Crippen LogP contribution in [0.2, 0.25) is 0 Å². The van der Waals surface area contributed by atoms with Gasteiger partial charge < -0.3 is 10.6 Å². The highest BCUT2D eigenvalue weighted by molar-refractivity contribution is 14.1. The monoisotopic (exact) mass is 548 g/mol. The summed E-state index contributed by atoms with van der Waals surface area (Å²) in [7, 11) is 0. The van der Waals surface area contributed by atoms with E-state index in [0.717, 1.165) is 7.14 Å². The van der Waals surface area contributed by atoms with Crippen LogP contribution in [0.15, 0.2) is 44.0 Å². The van der Waals surface area contributed by atoms with E-state index in [2.05, 4.69) is 84.0 Å². The van der Waals surface area contributed by atoms with Gasteiger partial charge in [0, 0.05) is 12.7 Å². The average Bonchev–Trinajstić information content (AvgIpc) is 3.00. The maximum Gasteiger partial charge on any atom is 0.256 e. The van der Waals surface area contributed by atoms with Gasteiger partial charge in [0.2, 0.25) is 0 Å². The molecule has 6 nitrogen and oxygen atoms in total. The normalized spacial score (nSPS) is 10.6. The van der Waals surface area contributed by atoms with Crippen LogP contribution in [-0.2, 0) is 0 Å². The van der Waals surface area contributed by atoms with Crippen LogP contribution in [0.5, 0.6) is 0 Å². The molecule has 3 rings (SSSR count). The maximum absolute atomic E-state index is 14.7. The standard InChI is InChI=1S/C15H11FI2N6/c1-3-19-13-12(8-5-10(17)11(18)6-9(8)16)14(20-4-2)24-15(23-13)21-7-22-24/h3-7,20H,1-2H2,(H,19,21,22,23). The topological polar surface area (TPSA) is 67.1 Å². The summed E-state index contributed by atoms with van der Waals surface area (Å²) in [6, 6.07) is 3.25. The Labute approximate surface area is 164 Å². The predicted molar refractivity (Wildman–Crippen MR) is 109 cm³/mol. The third kappa shape index (κ3) is 2.97. The van der Waals surface area contributed by atoms with E-state index >= 15 is 0 Å². The number of fused-ring (bicyclic) bond motifs is 1. The lowest BCUT2D eigenvalue weighted by Gasteiger charge is -2.16. The maximum atomic E-state index is 14.7. The highest BCUT2D eigenvalue weighted by Crippen LogP contribution is 2.37. The van der Waals surface area contributed by atoms with Gasteiger partial charge >= 0.3 is 0 Å². The molecule has 122 valence electrons. The van der Waals surface area contributed by atoms with Crippen LogP contribution in [0.1, 0.15) is 0 Å². The summed E-state index contributed by atoms with van der Waals surface area (Å²) < 4.78 is 18.0. The first-order valence-corrected chi connectivity index (χ1v) is 8.86. The average molecular weight is 548 g/mol. The summed E-state index contributed by atoms with van der Waals surface area (Å²) in [5.41, 5.74) is 0.901. The molecule has 0 saturated heterocycles. The molecule has 0 fully saturated rings. The molecule has 0 unspecified atom stereocenters. The first-order chi connectivity index (χ1) is 11.6. The molecule has 2 N–H and O–H groups in total. The van der Waals surface area contributed by atoms with Crippen molar-refractivity contribution in [1.29, 1.82) is 0 Å². The van der Waals surface area contributed by atoms with E-state index < -0.39 is 0 Å². The molecule has 0 aliphatic carbocycles. The predicted octanol–water partition coefficient (Wildman–Crippen LogP) is 4.25. The zero-order valence-corrected chi connectivity index (χ0v) is 16.5. The minimum absolute atomic E-state index is 0.361. The van der Waals surface area contributed by atoms with E-state index in [4.69, 9.17) is 0 Å². The van der Waals surface area contributed by atoms with Crippen molar-refractivity contribution in [2.24, 2.45) is 0 Å². The zero-order chi connectivity index (χ0) is 17.3.